The number of hydrogen-bond donors (Lipinski definition) is 0. The molecule has 0 bridgehead atoms. The molecule has 0 aliphatic carbocycles. The van der Waals surface area contributed by atoms with Gasteiger partial charge in [-0.25, -0.2) is 0 Å². The predicted octanol–water partition coefficient (Wildman–Crippen LogP) is 6.27. The van der Waals surface area contributed by atoms with Crippen molar-refractivity contribution in [1.82, 2.24) is 0 Å². The number of phosphoric acid groups is 1. The van der Waals surface area contributed by atoms with E-state index in [1.807, 2.05) is 18.2 Å². The largest absolute Gasteiger partial charge is 0.649 e. The first-order chi connectivity index (χ1) is 14.0. The molecule has 0 atom stereocenters. The van der Waals surface area contributed by atoms with E-state index >= 15 is 0 Å². The third kappa shape index (κ3) is 6.02. The third-order valence-corrected chi connectivity index (χ3v) is 6.16. The minimum absolute atomic E-state index is 0.0549. The highest BCUT2D eigenvalue weighted by atomic mass is 32.1. The van der Waals surface area contributed by atoms with Crippen molar-refractivity contribution in [3.05, 3.63) is 108 Å². The summed E-state index contributed by atoms with van der Waals surface area (Å²) >= 11 is 15.8. The van der Waals surface area contributed by atoms with E-state index in [1.54, 1.807) is 72.8 Å². The molecule has 0 spiro atoms. The summed E-state index contributed by atoms with van der Waals surface area (Å²) in [5.74, 6) is 0. The van der Waals surface area contributed by atoms with E-state index in [-0.39, 0.29) is 15.2 Å². The van der Waals surface area contributed by atoms with Gasteiger partial charge in [-0.3, -0.25) is 0 Å². The van der Waals surface area contributed by atoms with Crippen LogP contribution < -0.4 is 0 Å². The molecule has 0 fully saturated rings. The van der Waals surface area contributed by atoms with Crippen LogP contribution in [0.2, 0.25) is 0 Å². The molecule has 3 aromatic rings. The summed E-state index contributed by atoms with van der Waals surface area (Å²) in [6, 6.07) is 26.5. The van der Waals surface area contributed by atoms with Gasteiger partial charge in [0.2, 0.25) is 15.2 Å². The average molecular weight is 459 g/mol. The molecule has 0 radical (unpaired) electrons. The van der Waals surface area contributed by atoms with Crippen molar-refractivity contribution >= 4 is 59.6 Å². The Labute approximate surface area is 185 Å². The summed E-state index contributed by atoms with van der Waals surface area (Å²) in [4.78, 5) is 0. The number of benzene rings is 3. The molecule has 0 aliphatic heterocycles. The number of rotatable bonds is 6. The Morgan fingerprint density at radius 2 is 0.759 bits per heavy atom. The van der Waals surface area contributed by atoms with Crippen LogP contribution in [0, 0.1) is 0 Å². The molecule has 29 heavy (non-hydrogen) atoms. The van der Waals surface area contributed by atoms with Gasteiger partial charge in [-0.2, -0.15) is 4.57 Å². The van der Waals surface area contributed by atoms with Crippen LogP contribution in [-0.4, -0.2) is 15.2 Å². The van der Waals surface area contributed by atoms with Gasteiger partial charge in [-0.15, -0.1) is 0 Å². The highest BCUT2D eigenvalue weighted by Gasteiger charge is 2.37. The molecule has 3 aromatic carbocycles. The van der Waals surface area contributed by atoms with Crippen molar-refractivity contribution in [3.63, 3.8) is 0 Å². The SMILES string of the molecule is O=P(OC(=S)c1ccccc1)(OC(=S)c1ccccc1)OC(=S)c1ccccc1. The van der Waals surface area contributed by atoms with Gasteiger partial charge in [-0.05, 0) is 36.7 Å². The number of phosphoric ester groups is 1. The zero-order valence-corrected chi connectivity index (χ0v) is 18.3. The lowest BCUT2D eigenvalue weighted by molar-refractivity contribution is 0.294. The number of thiocarbonyl (C=S) groups is 3. The molecular formula is C21H15O4PS3. The van der Waals surface area contributed by atoms with Gasteiger partial charge < -0.3 is 13.6 Å². The zero-order chi connectivity index (χ0) is 20.7. The van der Waals surface area contributed by atoms with Crippen LogP contribution in [0.4, 0.5) is 0 Å². The van der Waals surface area contributed by atoms with Gasteiger partial charge >= 0.3 is 7.82 Å². The fourth-order valence-corrected chi connectivity index (χ4v) is 4.51. The smallest absolute Gasteiger partial charge is 0.374 e. The maximum Gasteiger partial charge on any atom is 0.649 e. The standard InChI is InChI=1S/C21H15O4PS3/c22-26(23-19(27)16-10-4-1-5-11-16,24-20(28)17-12-6-2-7-13-17)25-21(29)18-14-8-3-9-15-18/h1-15H. The van der Waals surface area contributed by atoms with Crippen LogP contribution in [-0.2, 0) is 18.1 Å². The zero-order valence-electron chi connectivity index (χ0n) is 15.0. The minimum atomic E-state index is -4.31. The van der Waals surface area contributed by atoms with E-state index in [0.717, 1.165) is 0 Å². The second kappa shape index (κ2) is 9.85. The molecule has 8 heteroatoms. The van der Waals surface area contributed by atoms with E-state index in [2.05, 4.69) is 0 Å². The summed E-state index contributed by atoms with van der Waals surface area (Å²) < 4.78 is 29.9. The molecular weight excluding hydrogens is 443 g/mol. The maximum atomic E-state index is 13.4. The molecule has 0 saturated carbocycles. The summed E-state index contributed by atoms with van der Waals surface area (Å²) in [5.41, 5.74) is 1.64. The van der Waals surface area contributed by atoms with Crippen LogP contribution >= 0.6 is 44.5 Å². The molecule has 3 rings (SSSR count). The van der Waals surface area contributed by atoms with Crippen molar-refractivity contribution < 1.29 is 18.1 Å². The van der Waals surface area contributed by atoms with E-state index in [0.29, 0.717) is 16.7 Å². The molecule has 146 valence electrons. The summed E-state index contributed by atoms with van der Waals surface area (Å²) in [6.07, 6.45) is 0. The molecule has 0 aromatic heterocycles. The first-order valence-corrected chi connectivity index (χ1v) is 11.1. The fourth-order valence-electron chi connectivity index (χ4n) is 2.24. The van der Waals surface area contributed by atoms with Crippen LogP contribution in [0.5, 0.6) is 0 Å². The second-order valence-corrected chi connectivity index (χ2v) is 8.24. The predicted molar refractivity (Wildman–Crippen MR) is 125 cm³/mol. The molecule has 0 amide bonds. The van der Waals surface area contributed by atoms with E-state index in [1.165, 1.54) is 0 Å². The molecule has 0 heterocycles. The lowest BCUT2D eigenvalue weighted by atomic mass is 10.2. The van der Waals surface area contributed by atoms with Gasteiger partial charge in [0.25, 0.3) is 0 Å². The highest BCUT2D eigenvalue weighted by molar-refractivity contribution is 7.82. The van der Waals surface area contributed by atoms with Crippen LogP contribution in [0.25, 0.3) is 0 Å². The maximum absolute atomic E-state index is 13.4. The molecule has 0 N–H and O–H groups in total. The van der Waals surface area contributed by atoms with Gasteiger partial charge in [0.05, 0.1) is 0 Å². The summed E-state index contributed by atoms with van der Waals surface area (Å²) in [7, 11) is -4.31. The van der Waals surface area contributed by atoms with Crippen molar-refractivity contribution in [1.29, 1.82) is 0 Å². The van der Waals surface area contributed by atoms with Crippen molar-refractivity contribution in [2.24, 2.45) is 0 Å². The van der Waals surface area contributed by atoms with Gasteiger partial charge in [0.15, 0.2) is 0 Å². The molecule has 0 aliphatic rings. The normalized spacial score (nSPS) is 10.6. The molecule has 0 saturated heterocycles. The Morgan fingerprint density at radius 3 is 1.00 bits per heavy atom. The van der Waals surface area contributed by atoms with Crippen molar-refractivity contribution in [2.45, 2.75) is 0 Å². The topological polar surface area (TPSA) is 44.8 Å². The van der Waals surface area contributed by atoms with Crippen LogP contribution in [0.3, 0.4) is 0 Å². The van der Waals surface area contributed by atoms with Crippen LogP contribution in [0.1, 0.15) is 16.7 Å². The van der Waals surface area contributed by atoms with Crippen molar-refractivity contribution in [2.75, 3.05) is 0 Å². The highest BCUT2D eigenvalue weighted by Crippen LogP contribution is 2.52. The van der Waals surface area contributed by atoms with Gasteiger partial charge in [0.1, 0.15) is 0 Å². The second-order valence-electron chi connectivity index (χ2n) is 5.68. The average Bonchev–Trinajstić information content (AvgIpc) is 2.75. The fraction of sp³-hybridized carbons (Fsp3) is 0. The minimum Gasteiger partial charge on any atom is -0.374 e. The summed E-state index contributed by atoms with van der Waals surface area (Å²) in [6.45, 7) is 0. The van der Waals surface area contributed by atoms with E-state index in [4.69, 9.17) is 50.2 Å². The third-order valence-electron chi connectivity index (χ3n) is 3.61. The monoisotopic (exact) mass is 458 g/mol. The molecule has 0 unspecified atom stereocenters. The van der Waals surface area contributed by atoms with Crippen molar-refractivity contribution in [3.8, 4) is 0 Å². The first-order valence-electron chi connectivity index (χ1n) is 8.44. The quantitative estimate of drug-likeness (QED) is 0.319. The van der Waals surface area contributed by atoms with E-state index < -0.39 is 7.82 Å². The van der Waals surface area contributed by atoms with Gasteiger partial charge in [-0.1, -0.05) is 91.0 Å². The Bertz CT molecular complexity index is 920. The Morgan fingerprint density at radius 1 is 0.517 bits per heavy atom. The van der Waals surface area contributed by atoms with E-state index in [9.17, 15) is 4.57 Å². The lowest BCUT2D eigenvalue weighted by Crippen LogP contribution is -2.13. The Kier molecular flexibility index (Phi) is 7.23. The van der Waals surface area contributed by atoms with Crippen LogP contribution in [0.15, 0.2) is 91.0 Å². The Hall–Kier alpha value is -2.44. The molecule has 4 nitrogen and oxygen atoms in total. The Balaban J connectivity index is 1.85. The van der Waals surface area contributed by atoms with Gasteiger partial charge in [0, 0.05) is 16.7 Å². The summed E-state index contributed by atoms with van der Waals surface area (Å²) in [5, 5.41) is -0.165. The lowest BCUT2D eigenvalue weighted by Gasteiger charge is -2.20. The first kappa shape index (κ1) is 21.3. The number of hydrogen-bond acceptors (Lipinski definition) is 7.